The van der Waals surface area contributed by atoms with E-state index in [2.05, 4.69) is 10.6 Å². The number of hydrogen-bond acceptors (Lipinski definition) is 4. The van der Waals surface area contributed by atoms with E-state index in [-0.39, 0.29) is 25.0 Å². The summed E-state index contributed by atoms with van der Waals surface area (Å²) >= 11 is 12.1. The molecule has 6 nitrogen and oxygen atoms in total. The molecule has 172 valence electrons. The topological polar surface area (TPSA) is 76.7 Å². The maximum Gasteiger partial charge on any atom is 0.262 e. The zero-order chi connectivity index (χ0) is 23.9. The van der Waals surface area contributed by atoms with Crippen LogP contribution in [-0.2, 0) is 9.59 Å². The first-order valence-corrected chi connectivity index (χ1v) is 11.1. The number of benzene rings is 4. The van der Waals surface area contributed by atoms with Crippen molar-refractivity contribution in [1.82, 2.24) is 0 Å². The van der Waals surface area contributed by atoms with Crippen LogP contribution in [0.2, 0.25) is 10.0 Å². The summed E-state index contributed by atoms with van der Waals surface area (Å²) in [6.45, 7) is -0.397. The smallest absolute Gasteiger partial charge is 0.262 e. The maximum atomic E-state index is 12.5. The highest BCUT2D eigenvalue weighted by atomic mass is 35.5. The third kappa shape index (κ3) is 5.78. The van der Waals surface area contributed by atoms with E-state index >= 15 is 0 Å². The van der Waals surface area contributed by atoms with Crippen LogP contribution in [-0.4, -0.2) is 25.0 Å². The number of carbonyl (C=O) groups is 2. The summed E-state index contributed by atoms with van der Waals surface area (Å²) in [7, 11) is 0. The van der Waals surface area contributed by atoms with Crippen LogP contribution >= 0.6 is 23.2 Å². The molecule has 4 aromatic carbocycles. The van der Waals surface area contributed by atoms with Crippen molar-refractivity contribution in [3.63, 3.8) is 0 Å². The summed E-state index contributed by atoms with van der Waals surface area (Å²) in [5.41, 5.74) is 1.18. The molecule has 0 spiro atoms. The molecule has 8 heteroatoms. The lowest BCUT2D eigenvalue weighted by molar-refractivity contribution is -0.118. The molecule has 2 amide bonds. The Morgan fingerprint density at radius 2 is 1.00 bits per heavy atom. The Balaban J connectivity index is 1.43. The lowest BCUT2D eigenvalue weighted by Crippen LogP contribution is -2.21. The van der Waals surface area contributed by atoms with Crippen LogP contribution in [0, 0.1) is 0 Å². The Morgan fingerprint density at radius 3 is 1.41 bits per heavy atom. The van der Waals surface area contributed by atoms with E-state index in [0.717, 1.165) is 10.8 Å². The minimum absolute atomic E-state index is 0.198. The zero-order valence-corrected chi connectivity index (χ0v) is 19.4. The molecular formula is C26H20Cl2N2O4. The van der Waals surface area contributed by atoms with Gasteiger partial charge in [0.05, 0.1) is 10.0 Å². The molecule has 0 radical (unpaired) electrons. The Morgan fingerprint density at radius 1 is 0.588 bits per heavy atom. The highest BCUT2D eigenvalue weighted by Gasteiger charge is 2.12. The minimum Gasteiger partial charge on any atom is -0.482 e. The van der Waals surface area contributed by atoms with Crippen molar-refractivity contribution in [2.75, 3.05) is 23.8 Å². The number of nitrogens with one attached hydrogen (secondary N) is 2. The van der Waals surface area contributed by atoms with Crippen molar-refractivity contribution in [3.8, 4) is 11.5 Å². The van der Waals surface area contributed by atoms with E-state index in [0.29, 0.717) is 32.9 Å². The lowest BCUT2D eigenvalue weighted by Gasteiger charge is -2.13. The number of ether oxygens (including phenoxy) is 2. The van der Waals surface area contributed by atoms with E-state index < -0.39 is 0 Å². The first kappa shape index (κ1) is 23.4. The standard InChI is InChI=1S/C26H20Cl2N2O4/c27-19-9-1-3-13-23(19)33-15-25(31)29-21-11-5-8-18-17(21)7-6-12-22(18)30-26(32)16-34-24-14-4-2-10-20(24)28/h1-14H,15-16H2,(H,29,31)(H,30,32). The Labute approximate surface area is 206 Å². The normalized spacial score (nSPS) is 10.5. The Bertz CT molecular complexity index is 1240. The molecule has 0 aliphatic heterocycles. The molecule has 0 saturated heterocycles. The van der Waals surface area contributed by atoms with Crippen LogP contribution in [0.15, 0.2) is 84.9 Å². The fourth-order valence-corrected chi connectivity index (χ4v) is 3.69. The van der Waals surface area contributed by atoms with Crippen LogP contribution < -0.4 is 20.1 Å². The summed E-state index contributed by atoms with van der Waals surface area (Å²) in [5.74, 6) is 0.187. The van der Waals surface area contributed by atoms with E-state index in [1.165, 1.54) is 0 Å². The van der Waals surface area contributed by atoms with E-state index in [4.69, 9.17) is 32.7 Å². The van der Waals surface area contributed by atoms with Crippen molar-refractivity contribution in [1.29, 1.82) is 0 Å². The van der Waals surface area contributed by atoms with Crippen LogP contribution in [0.1, 0.15) is 0 Å². The fraction of sp³-hybridized carbons (Fsp3) is 0.0769. The summed E-state index contributed by atoms with van der Waals surface area (Å²) in [6.07, 6.45) is 0. The fourth-order valence-electron chi connectivity index (χ4n) is 3.31. The molecule has 4 aromatic rings. The molecule has 0 atom stereocenters. The maximum absolute atomic E-state index is 12.5. The number of hydrogen-bond donors (Lipinski definition) is 2. The van der Waals surface area contributed by atoms with Gasteiger partial charge in [0.2, 0.25) is 0 Å². The zero-order valence-electron chi connectivity index (χ0n) is 17.9. The quantitative estimate of drug-likeness (QED) is 0.306. The molecule has 34 heavy (non-hydrogen) atoms. The molecule has 4 rings (SSSR count). The van der Waals surface area contributed by atoms with Crippen LogP contribution in [0.25, 0.3) is 10.8 Å². The molecule has 0 aromatic heterocycles. The number of rotatable bonds is 8. The SMILES string of the molecule is O=C(COc1ccccc1Cl)Nc1cccc2c(NC(=O)COc3ccccc3Cl)cccc12. The molecule has 0 bridgehead atoms. The van der Waals surface area contributed by atoms with Gasteiger partial charge in [0.25, 0.3) is 11.8 Å². The highest BCUT2D eigenvalue weighted by molar-refractivity contribution is 6.32. The molecule has 0 fully saturated rings. The predicted octanol–water partition coefficient (Wildman–Crippen LogP) is 6.18. The minimum atomic E-state index is -0.338. The molecule has 2 N–H and O–H groups in total. The van der Waals surface area contributed by atoms with Crippen molar-refractivity contribution < 1.29 is 19.1 Å². The molecule has 0 aliphatic rings. The van der Waals surface area contributed by atoms with Crippen molar-refractivity contribution in [2.24, 2.45) is 0 Å². The van der Waals surface area contributed by atoms with Gasteiger partial charge in [0, 0.05) is 22.1 Å². The van der Waals surface area contributed by atoms with Gasteiger partial charge in [-0.25, -0.2) is 0 Å². The van der Waals surface area contributed by atoms with Gasteiger partial charge in [-0.15, -0.1) is 0 Å². The summed E-state index contributed by atoms with van der Waals surface area (Å²) in [5, 5.41) is 8.08. The van der Waals surface area contributed by atoms with E-state index in [1.54, 1.807) is 72.8 Å². The second kappa shape index (κ2) is 10.9. The Kier molecular flexibility index (Phi) is 7.52. The van der Waals surface area contributed by atoms with Crippen LogP contribution in [0.4, 0.5) is 11.4 Å². The first-order chi connectivity index (χ1) is 16.5. The number of carbonyl (C=O) groups excluding carboxylic acids is 2. The number of anilines is 2. The monoisotopic (exact) mass is 494 g/mol. The van der Waals surface area contributed by atoms with Gasteiger partial charge in [-0.2, -0.15) is 0 Å². The van der Waals surface area contributed by atoms with Crippen molar-refractivity contribution >= 4 is 57.2 Å². The van der Waals surface area contributed by atoms with Crippen molar-refractivity contribution in [2.45, 2.75) is 0 Å². The number of fused-ring (bicyclic) bond motifs is 1. The van der Waals surface area contributed by atoms with Gasteiger partial charge in [0.15, 0.2) is 13.2 Å². The largest absolute Gasteiger partial charge is 0.482 e. The number of para-hydroxylation sites is 2. The Hall–Kier alpha value is -3.74. The molecule has 0 heterocycles. The van der Waals surface area contributed by atoms with Gasteiger partial charge >= 0.3 is 0 Å². The second-order valence-electron chi connectivity index (χ2n) is 7.24. The van der Waals surface area contributed by atoms with Crippen molar-refractivity contribution in [3.05, 3.63) is 95.0 Å². The average Bonchev–Trinajstić information content (AvgIpc) is 2.84. The van der Waals surface area contributed by atoms with Crippen LogP contribution in [0.5, 0.6) is 11.5 Å². The first-order valence-electron chi connectivity index (χ1n) is 10.4. The van der Waals surface area contributed by atoms with E-state index in [9.17, 15) is 9.59 Å². The van der Waals surface area contributed by atoms with E-state index in [1.807, 2.05) is 12.1 Å². The lowest BCUT2D eigenvalue weighted by atomic mass is 10.1. The van der Waals surface area contributed by atoms with Gasteiger partial charge < -0.3 is 20.1 Å². The van der Waals surface area contributed by atoms with Gasteiger partial charge in [-0.3, -0.25) is 9.59 Å². The second-order valence-corrected chi connectivity index (χ2v) is 8.06. The molecule has 0 aliphatic carbocycles. The highest BCUT2D eigenvalue weighted by Crippen LogP contribution is 2.30. The number of amides is 2. The summed E-state index contributed by atoms with van der Waals surface area (Å²) in [6, 6.07) is 24.7. The van der Waals surface area contributed by atoms with Gasteiger partial charge in [0.1, 0.15) is 11.5 Å². The molecule has 0 unspecified atom stereocenters. The summed E-state index contributed by atoms with van der Waals surface area (Å²) in [4.78, 5) is 24.9. The third-order valence-corrected chi connectivity index (χ3v) is 5.49. The summed E-state index contributed by atoms with van der Waals surface area (Å²) < 4.78 is 11.0. The predicted molar refractivity (Wildman–Crippen MR) is 135 cm³/mol. The van der Waals surface area contributed by atoms with Gasteiger partial charge in [-0.1, -0.05) is 71.7 Å². The van der Waals surface area contributed by atoms with Crippen LogP contribution in [0.3, 0.4) is 0 Å². The average molecular weight is 495 g/mol. The van der Waals surface area contributed by atoms with Gasteiger partial charge in [-0.05, 0) is 36.4 Å². The third-order valence-electron chi connectivity index (χ3n) is 4.86. The number of halogens is 2. The molecule has 0 saturated carbocycles. The molecular weight excluding hydrogens is 475 g/mol.